The predicted octanol–water partition coefficient (Wildman–Crippen LogP) is 1.90. The summed E-state index contributed by atoms with van der Waals surface area (Å²) in [5, 5.41) is 0. The van der Waals surface area contributed by atoms with Gasteiger partial charge in [-0.1, -0.05) is 6.92 Å². The van der Waals surface area contributed by atoms with Crippen molar-refractivity contribution in [3.63, 3.8) is 0 Å². The van der Waals surface area contributed by atoms with Gasteiger partial charge >= 0.3 is 0 Å². The van der Waals surface area contributed by atoms with E-state index in [1.165, 1.54) is 18.7 Å². The van der Waals surface area contributed by atoms with E-state index in [2.05, 4.69) is 0 Å². The van der Waals surface area contributed by atoms with Crippen molar-refractivity contribution in [2.45, 2.75) is 39.7 Å². The molecule has 1 heterocycles. The van der Waals surface area contributed by atoms with E-state index < -0.39 is 11.8 Å². The van der Waals surface area contributed by atoms with E-state index in [-0.39, 0.29) is 18.5 Å². The Bertz CT molecular complexity index is 220. The molecule has 13 heavy (non-hydrogen) atoms. The second kappa shape index (κ2) is 3.24. The molecule has 1 rings (SSSR count). The van der Waals surface area contributed by atoms with E-state index in [0.29, 0.717) is 6.42 Å². The molecule has 1 amide bonds. The fourth-order valence-corrected chi connectivity index (χ4v) is 1.97. The Morgan fingerprint density at radius 2 is 2.15 bits per heavy atom. The molecule has 1 fully saturated rings. The Balaban J connectivity index is 2.75. The van der Waals surface area contributed by atoms with Crippen LogP contribution in [0, 0.1) is 5.41 Å². The molecule has 0 bridgehead atoms. The molecule has 1 saturated heterocycles. The van der Waals surface area contributed by atoms with Crippen molar-refractivity contribution >= 4 is 5.91 Å². The molecule has 0 aromatic rings. The number of halogens is 2. The first-order chi connectivity index (χ1) is 5.87. The molecule has 0 aliphatic carbocycles. The van der Waals surface area contributed by atoms with E-state index >= 15 is 0 Å². The minimum absolute atomic E-state index is 0.0588. The molecule has 0 aromatic carbocycles. The van der Waals surface area contributed by atoms with Gasteiger partial charge in [0.2, 0.25) is 12.3 Å². The van der Waals surface area contributed by atoms with Gasteiger partial charge in [-0.2, -0.15) is 0 Å². The molecule has 1 unspecified atom stereocenters. The standard InChI is InChI=1S/C9H15F2NO/c1-6-4-9(3,8(10)11)5-12(6)7(2)13/h6,8H,4-5H2,1-3H3/t6?,9-/m0/s1. The summed E-state index contributed by atoms with van der Waals surface area (Å²) in [6, 6.07) is -0.0588. The lowest BCUT2D eigenvalue weighted by molar-refractivity contribution is -0.130. The van der Waals surface area contributed by atoms with Gasteiger partial charge in [0.1, 0.15) is 0 Å². The molecule has 1 aliphatic rings. The van der Waals surface area contributed by atoms with Crippen LogP contribution in [0.4, 0.5) is 8.78 Å². The second-order valence-electron chi connectivity index (χ2n) is 4.15. The largest absolute Gasteiger partial charge is 0.339 e. The summed E-state index contributed by atoms with van der Waals surface area (Å²) in [6.07, 6.45) is -1.95. The van der Waals surface area contributed by atoms with Crippen LogP contribution >= 0.6 is 0 Å². The van der Waals surface area contributed by atoms with Gasteiger partial charge in [-0.3, -0.25) is 4.79 Å². The quantitative estimate of drug-likeness (QED) is 0.620. The van der Waals surface area contributed by atoms with Gasteiger partial charge in [0.05, 0.1) is 0 Å². The molecular formula is C9H15F2NO. The number of rotatable bonds is 1. The molecule has 0 spiro atoms. The summed E-state index contributed by atoms with van der Waals surface area (Å²) in [7, 11) is 0. The van der Waals surface area contributed by atoms with Crippen molar-refractivity contribution in [1.82, 2.24) is 4.90 Å². The van der Waals surface area contributed by atoms with Crippen LogP contribution < -0.4 is 0 Å². The number of carbonyl (C=O) groups is 1. The van der Waals surface area contributed by atoms with Crippen molar-refractivity contribution in [2.24, 2.45) is 5.41 Å². The highest BCUT2D eigenvalue weighted by Gasteiger charge is 2.45. The molecule has 0 radical (unpaired) electrons. The average Bonchev–Trinajstić information content (AvgIpc) is 2.28. The van der Waals surface area contributed by atoms with Crippen LogP contribution in [-0.4, -0.2) is 29.8 Å². The zero-order chi connectivity index (χ0) is 10.2. The minimum Gasteiger partial charge on any atom is -0.339 e. The van der Waals surface area contributed by atoms with Gasteiger partial charge in [-0.25, -0.2) is 8.78 Å². The molecule has 0 saturated carbocycles. The normalized spacial score (nSPS) is 34.3. The molecule has 1 aliphatic heterocycles. The van der Waals surface area contributed by atoms with E-state index in [0.717, 1.165) is 0 Å². The Morgan fingerprint density at radius 3 is 2.38 bits per heavy atom. The monoisotopic (exact) mass is 191 g/mol. The summed E-state index contributed by atoms with van der Waals surface area (Å²) in [6.45, 7) is 4.96. The first-order valence-corrected chi connectivity index (χ1v) is 4.42. The third-order valence-electron chi connectivity index (χ3n) is 2.76. The first kappa shape index (κ1) is 10.4. The maximum atomic E-state index is 12.6. The van der Waals surface area contributed by atoms with Crippen molar-refractivity contribution in [3.8, 4) is 0 Å². The molecule has 2 nitrogen and oxygen atoms in total. The van der Waals surface area contributed by atoms with Crippen LogP contribution in [0.2, 0.25) is 0 Å². The van der Waals surface area contributed by atoms with Crippen LogP contribution in [-0.2, 0) is 4.79 Å². The Kier molecular flexibility index (Phi) is 2.59. The van der Waals surface area contributed by atoms with Crippen molar-refractivity contribution in [1.29, 1.82) is 0 Å². The van der Waals surface area contributed by atoms with Gasteiger partial charge in [0.15, 0.2) is 0 Å². The number of amides is 1. The van der Waals surface area contributed by atoms with Gasteiger partial charge in [-0.15, -0.1) is 0 Å². The van der Waals surface area contributed by atoms with Crippen LogP contribution in [0.3, 0.4) is 0 Å². The van der Waals surface area contributed by atoms with Crippen LogP contribution in [0.5, 0.6) is 0 Å². The van der Waals surface area contributed by atoms with E-state index in [4.69, 9.17) is 0 Å². The average molecular weight is 191 g/mol. The second-order valence-corrected chi connectivity index (χ2v) is 4.15. The molecule has 0 aromatic heterocycles. The summed E-state index contributed by atoms with van der Waals surface area (Å²) in [4.78, 5) is 12.6. The van der Waals surface area contributed by atoms with E-state index in [9.17, 15) is 13.6 Å². The molecular weight excluding hydrogens is 176 g/mol. The fourth-order valence-electron chi connectivity index (χ4n) is 1.97. The van der Waals surface area contributed by atoms with Crippen molar-refractivity contribution in [2.75, 3.05) is 6.54 Å². The maximum absolute atomic E-state index is 12.6. The zero-order valence-corrected chi connectivity index (χ0v) is 8.18. The number of hydrogen-bond donors (Lipinski definition) is 0. The van der Waals surface area contributed by atoms with Gasteiger partial charge in [-0.05, 0) is 13.3 Å². The van der Waals surface area contributed by atoms with Gasteiger partial charge in [0.25, 0.3) is 0 Å². The number of carbonyl (C=O) groups excluding carboxylic acids is 1. The maximum Gasteiger partial charge on any atom is 0.245 e. The lowest BCUT2D eigenvalue weighted by Crippen LogP contribution is -2.34. The SMILES string of the molecule is CC(=O)N1C[C@@](C)(C(F)F)CC1C. The topological polar surface area (TPSA) is 20.3 Å². The first-order valence-electron chi connectivity index (χ1n) is 4.42. The summed E-state index contributed by atoms with van der Waals surface area (Å²) < 4.78 is 25.2. The zero-order valence-electron chi connectivity index (χ0n) is 8.18. The Labute approximate surface area is 76.9 Å². The van der Waals surface area contributed by atoms with Crippen LogP contribution in [0.15, 0.2) is 0 Å². The Hall–Kier alpha value is -0.670. The van der Waals surface area contributed by atoms with E-state index in [1.807, 2.05) is 6.92 Å². The van der Waals surface area contributed by atoms with E-state index in [1.54, 1.807) is 0 Å². The summed E-state index contributed by atoms with van der Waals surface area (Å²) in [5.41, 5.74) is -1.01. The van der Waals surface area contributed by atoms with Crippen LogP contribution in [0.25, 0.3) is 0 Å². The lowest BCUT2D eigenvalue weighted by atomic mass is 9.89. The highest BCUT2D eigenvalue weighted by atomic mass is 19.3. The third kappa shape index (κ3) is 1.81. The molecule has 4 heteroatoms. The predicted molar refractivity (Wildman–Crippen MR) is 45.6 cm³/mol. The van der Waals surface area contributed by atoms with Crippen LogP contribution in [0.1, 0.15) is 27.2 Å². The molecule has 76 valence electrons. The van der Waals surface area contributed by atoms with Gasteiger partial charge < -0.3 is 4.90 Å². The highest BCUT2D eigenvalue weighted by molar-refractivity contribution is 5.74. The lowest BCUT2D eigenvalue weighted by Gasteiger charge is -2.22. The molecule has 2 atom stereocenters. The number of likely N-dealkylation sites (tertiary alicyclic amines) is 1. The highest BCUT2D eigenvalue weighted by Crippen LogP contribution is 2.39. The third-order valence-corrected chi connectivity index (χ3v) is 2.76. The fraction of sp³-hybridized carbons (Fsp3) is 0.889. The number of hydrogen-bond acceptors (Lipinski definition) is 1. The van der Waals surface area contributed by atoms with Crippen molar-refractivity contribution in [3.05, 3.63) is 0 Å². The molecule has 0 N–H and O–H groups in total. The van der Waals surface area contributed by atoms with Crippen molar-refractivity contribution < 1.29 is 13.6 Å². The number of alkyl halides is 2. The Morgan fingerprint density at radius 1 is 1.62 bits per heavy atom. The van der Waals surface area contributed by atoms with Gasteiger partial charge in [0, 0.05) is 24.9 Å². The number of nitrogens with zero attached hydrogens (tertiary/aromatic N) is 1. The summed E-state index contributed by atoms with van der Waals surface area (Å²) in [5.74, 6) is -0.114. The summed E-state index contributed by atoms with van der Waals surface area (Å²) >= 11 is 0. The smallest absolute Gasteiger partial charge is 0.245 e. The minimum atomic E-state index is -2.35.